The molecule has 0 radical (unpaired) electrons. The van der Waals surface area contributed by atoms with Gasteiger partial charge in [-0.05, 0) is 38.8 Å². The highest BCUT2D eigenvalue weighted by atomic mass is 16.6. The van der Waals surface area contributed by atoms with Crippen molar-refractivity contribution < 1.29 is 14.3 Å². The smallest absolute Gasteiger partial charge is 0.335 e. The van der Waals surface area contributed by atoms with Crippen molar-refractivity contribution in [3.63, 3.8) is 0 Å². The molecule has 0 saturated carbocycles. The molecule has 116 valence electrons. The lowest BCUT2D eigenvalue weighted by Gasteiger charge is -2.37. The van der Waals surface area contributed by atoms with Gasteiger partial charge in [0.2, 0.25) is 0 Å². The van der Waals surface area contributed by atoms with E-state index in [2.05, 4.69) is 12.2 Å². The fourth-order valence-electron chi connectivity index (χ4n) is 3.66. The lowest BCUT2D eigenvalue weighted by atomic mass is 9.82. The molecule has 1 N–H and O–H groups in total. The van der Waals surface area contributed by atoms with Gasteiger partial charge in [-0.3, -0.25) is 4.79 Å². The normalized spacial score (nSPS) is 26.4. The molecule has 0 aliphatic carbocycles. The SMILES string of the molecule is CC1=C(C(=O)N2CCC(C)CC2)C2(CCNCC2)OC1=O. The van der Waals surface area contributed by atoms with Crippen LogP contribution in [-0.4, -0.2) is 48.6 Å². The van der Waals surface area contributed by atoms with Crippen molar-refractivity contribution in [3.05, 3.63) is 11.1 Å². The number of carbonyl (C=O) groups is 2. The number of piperidine rings is 2. The summed E-state index contributed by atoms with van der Waals surface area (Å²) in [6.45, 7) is 7.11. The minimum atomic E-state index is -0.674. The second-order valence-electron chi connectivity index (χ2n) is 6.61. The zero-order chi connectivity index (χ0) is 15.0. The van der Waals surface area contributed by atoms with Gasteiger partial charge in [-0.15, -0.1) is 0 Å². The van der Waals surface area contributed by atoms with Gasteiger partial charge in [-0.25, -0.2) is 4.79 Å². The maximum atomic E-state index is 13.0. The van der Waals surface area contributed by atoms with Crippen molar-refractivity contribution in [3.8, 4) is 0 Å². The summed E-state index contributed by atoms with van der Waals surface area (Å²) in [6.07, 6.45) is 3.48. The van der Waals surface area contributed by atoms with Gasteiger partial charge in [0.15, 0.2) is 0 Å². The first-order valence-corrected chi connectivity index (χ1v) is 7.98. The Kier molecular flexibility index (Phi) is 3.78. The summed E-state index contributed by atoms with van der Waals surface area (Å²) in [6, 6.07) is 0. The van der Waals surface area contributed by atoms with Gasteiger partial charge in [-0.1, -0.05) is 6.92 Å². The number of nitrogens with zero attached hydrogens (tertiary/aromatic N) is 1. The molecular weight excluding hydrogens is 268 g/mol. The summed E-state index contributed by atoms with van der Waals surface area (Å²) < 4.78 is 5.65. The van der Waals surface area contributed by atoms with Crippen LogP contribution in [0.4, 0.5) is 0 Å². The second-order valence-corrected chi connectivity index (χ2v) is 6.61. The molecule has 0 aromatic heterocycles. The van der Waals surface area contributed by atoms with E-state index in [0.717, 1.165) is 39.0 Å². The highest BCUT2D eigenvalue weighted by Crippen LogP contribution is 2.40. The molecule has 0 unspecified atom stereocenters. The van der Waals surface area contributed by atoms with E-state index >= 15 is 0 Å². The topological polar surface area (TPSA) is 58.6 Å². The maximum Gasteiger partial charge on any atom is 0.335 e. The van der Waals surface area contributed by atoms with Gasteiger partial charge in [-0.2, -0.15) is 0 Å². The summed E-state index contributed by atoms with van der Waals surface area (Å²) in [4.78, 5) is 26.9. The molecule has 0 aromatic rings. The van der Waals surface area contributed by atoms with Crippen LogP contribution in [0.3, 0.4) is 0 Å². The predicted molar refractivity (Wildman–Crippen MR) is 78.6 cm³/mol. The van der Waals surface area contributed by atoms with Crippen molar-refractivity contribution in [1.82, 2.24) is 10.2 Å². The van der Waals surface area contributed by atoms with E-state index in [0.29, 0.717) is 29.9 Å². The molecule has 21 heavy (non-hydrogen) atoms. The molecule has 2 fully saturated rings. The minimum absolute atomic E-state index is 0.0205. The highest BCUT2D eigenvalue weighted by Gasteiger charge is 2.50. The molecule has 1 amide bonds. The number of likely N-dealkylation sites (tertiary alicyclic amines) is 1. The van der Waals surface area contributed by atoms with Gasteiger partial charge in [0, 0.05) is 31.5 Å². The van der Waals surface area contributed by atoms with Crippen LogP contribution in [0.2, 0.25) is 0 Å². The molecule has 3 heterocycles. The number of amides is 1. The third-order valence-electron chi connectivity index (χ3n) is 5.12. The van der Waals surface area contributed by atoms with Gasteiger partial charge in [0.05, 0.1) is 5.57 Å². The number of ether oxygens (including phenoxy) is 1. The van der Waals surface area contributed by atoms with Crippen LogP contribution in [0, 0.1) is 5.92 Å². The molecule has 0 atom stereocenters. The Morgan fingerprint density at radius 3 is 2.52 bits per heavy atom. The zero-order valence-electron chi connectivity index (χ0n) is 12.9. The molecular formula is C16H24N2O3. The quantitative estimate of drug-likeness (QED) is 0.739. The lowest BCUT2D eigenvalue weighted by molar-refractivity contribution is -0.149. The summed E-state index contributed by atoms with van der Waals surface area (Å²) in [5, 5.41) is 3.27. The third kappa shape index (κ3) is 2.48. The molecule has 3 aliphatic rings. The fourth-order valence-corrected chi connectivity index (χ4v) is 3.66. The number of hydrogen-bond donors (Lipinski definition) is 1. The number of rotatable bonds is 1. The molecule has 0 bridgehead atoms. The fraction of sp³-hybridized carbons (Fsp3) is 0.750. The van der Waals surface area contributed by atoms with Crippen LogP contribution < -0.4 is 5.32 Å². The van der Waals surface area contributed by atoms with Gasteiger partial charge >= 0.3 is 5.97 Å². The van der Waals surface area contributed by atoms with Crippen LogP contribution in [-0.2, 0) is 14.3 Å². The van der Waals surface area contributed by atoms with Gasteiger partial charge in [0.25, 0.3) is 5.91 Å². The van der Waals surface area contributed by atoms with Crippen molar-refractivity contribution in [2.45, 2.75) is 45.1 Å². The Morgan fingerprint density at radius 2 is 1.90 bits per heavy atom. The van der Waals surface area contributed by atoms with Gasteiger partial charge < -0.3 is 15.0 Å². The lowest BCUT2D eigenvalue weighted by Crippen LogP contribution is -2.49. The van der Waals surface area contributed by atoms with Gasteiger partial charge in [0.1, 0.15) is 5.60 Å². The summed E-state index contributed by atoms with van der Waals surface area (Å²) in [7, 11) is 0. The average molecular weight is 292 g/mol. The van der Waals surface area contributed by atoms with E-state index in [1.807, 2.05) is 4.90 Å². The Balaban J connectivity index is 1.86. The molecule has 2 saturated heterocycles. The van der Waals surface area contributed by atoms with E-state index in [1.165, 1.54) is 0 Å². The van der Waals surface area contributed by atoms with Crippen LogP contribution in [0.15, 0.2) is 11.1 Å². The first-order chi connectivity index (χ1) is 10.0. The Labute approximate surface area is 125 Å². The minimum Gasteiger partial charge on any atom is -0.450 e. The summed E-state index contributed by atoms with van der Waals surface area (Å²) >= 11 is 0. The highest BCUT2D eigenvalue weighted by molar-refractivity contribution is 6.07. The Morgan fingerprint density at radius 1 is 1.29 bits per heavy atom. The number of carbonyl (C=O) groups excluding carboxylic acids is 2. The van der Waals surface area contributed by atoms with E-state index < -0.39 is 5.60 Å². The molecule has 5 heteroatoms. The number of esters is 1. The molecule has 0 aromatic carbocycles. The van der Waals surface area contributed by atoms with Crippen LogP contribution in [0.5, 0.6) is 0 Å². The van der Waals surface area contributed by atoms with Crippen LogP contribution in [0.1, 0.15) is 39.5 Å². The van der Waals surface area contributed by atoms with Crippen LogP contribution in [0.25, 0.3) is 0 Å². The first kappa shape index (κ1) is 14.6. The van der Waals surface area contributed by atoms with E-state index in [1.54, 1.807) is 6.92 Å². The Hall–Kier alpha value is -1.36. The molecule has 5 nitrogen and oxygen atoms in total. The average Bonchev–Trinajstić information content (AvgIpc) is 2.71. The number of hydrogen-bond acceptors (Lipinski definition) is 4. The van der Waals surface area contributed by atoms with E-state index in [-0.39, 0.29) is 11.9 Å². The molecule has 3 aliphatic heterocycles. The summed E-state index contributed by atoms with van der Waals surface area (Å²) in [5.41, 5.74) is 0.469. The predicted octanol–water partition coefficient (Wildman–Crippen LogP) is 1.24. The molecule has 1 spiro atoms. The van der Waals surface area contributed by atoms with Crippen molar-refractivity contribution in [2.24, 2.45) is 5.92 Å². The largest absolute Gasteiger partial charge is 0.450 e. The summed E-state index contributed by atoms with van der Waals surface area (Å²) in [5.74, 6) is 0.385. The monoisotopic (exact) mass is 292 g/mol. The van der Waals surface area contributed by atoms with E-state index in [4.69, 9.17) is 4.74 Å². The van der Waals surface area contributed by atoms with Crippen molar-refractivity contribution in [2.75, 3.05) is 26.2 Å². The first-order valence-electron chi connectivity index (χ1n) is 7.98. The van der Waals surface area contributed by atoms with Crippen LogP contribution >= 0.6 is 0 Å². The standard InChI is InChI=1S/C16H24N2O3/c1-11-3-9-18(10-4-11)14(19)13-12(2)15(20)21-16(13)5-7-17-8-6-16/h11,17H,3-10H2,1-2H3. The maximum absolute atomic E-state index is 13.0. The second kappa shape index (κ2) is 5.44. The number of nitrogens with one attached hydrogen (secondary N) is 1. The Bertz CT molecular complexity index is 484. The van der Waals surface area contributed by atoms with Crippen molar-refractivity contribution >= 4 is 11.9 Å². The third-order valence-corrected chi connectivity index (χ3v) is 5.12. The van der Waals surface area contributed by atoms with Crippen molar-refractivity contribution in [1.29, 1.82) is 0 Å². The molecule has 3 rings (SSSR count). The zero-order valence-corrected chi connectivity index (χ0v) is 12.9. The van der Waals surface area contributed by atoms with E-state index in [9.17, 15) is 9.59 Å².